The summed E-state index contributed by atoms with van der Waals surface area (Å²) in [6.07, 6.45) is 6.39. The molecule has 3 rings (SSSR count). The van der Waals surface area contributed by atoms with Gasteiger partial charge in [-0.2, -0.15) is 0 Å². The van der Waals surface area contributed by atoms with Crippen molar-refractivity contribution in [3.05, 3.63) is 57.5 Å². The third kappa shape index (κ3) is 5.82. The number of benzene rings is 1. The van der Waals surface area contributed by atoms with Gasteiger partial charge in [-0.15, -0.1) is 0 Å². The number of hydrogen-bond acceptors (Lipinski definition) is 5. The lowest BCUT2D eigenvalue weighted by molar-refractivity contribution is -0.134. The van der Waals surface area contributed by atoms with Crippen LogP contribution >= 0.6 is 0 Å². The summed E-state index contributed by atoms with van der Waals surface area (Å²) in [6, 6.07) is 8.28. The van der Waals surface area contributed by atoms with Crippen molar-refractivity contribution in [1.82, 2.24) is 4.57 Å². The molecule has 166 valence electrons. The molecule has 1 amide bonds. The lowest BCUT2D eigenvalue weighted by Crippen LogP contribution is -2.33. The molecule has 0 spiro atoms. The number of aryl methyl sites for hydroxylation is 1. The van der Waals surface area contributed by atoms with E-state index in [4.69, 9.17) is 9.47 Å². The minimum atomic E-state index is -0.445. The lowest BCUT2D eigenvalue weighted by Gasteiger charge is -2.21. The number of fused-ring (bicyclic) bond motifs is 1. The highest BCUT2D eigenvalue weighted by molar-refractivity contribution is 6.04. The maximum absolute atomic E-state index is 13.2. The van der Waals surface area contributed by atoms with Crippen LogP contribution in [-0.2, 0) is 28.9 Å². The van der Waals surface area contributed by atoms with E-state index in [9.17, 15) is 14.4 Å². The van der Waals surface area contributed by atoms with E-state index in [1.54, 1.807) is 48.9 Å². The van der Waals surface area contributed by atoms with E-state index in [0.717, 1.165) is 49.8 Å². The molecular weight excluding hydrogens is 396 g/mol. The Hall–Kier alpha value is -2.93. The van der Waals surface area contributed by atoms with Gasteiger partial charge < -0.3 is 19.4 Å². The van der Waals surface area contributed by atoms with Crippen molar-refractivity contribution in [3.63, 3.8) is 0 Å². The number of hydrogen-bond donors (Lipinski definition) is 1. The van der Waals surface area contributed by atoms with Crippen molar-refractivity contribution in [2.75, 3.05) is 19.0 Å². The molecule has 0 radical (unpaired) electrons. The first kappa shape index (κ1) is 22.7. The average molecular weight is 427 g/mol. The number of ether oxygens (including phenoxy) is 2. The number of nitrogens with zero attached hydrogens (tertiary/aromatic N) is 1. The Morgan fingerprint density at radius 3 is 2.45 bits per heavy atom. The van der Waals surface area contributed by atoms with Crippen LogP contribution in [0.15, 0.2) is 35.1 Å². The van der Waals surface area contributed by atoms with Crippen molar-refractivity contribution in [2.24, 2.45) is 0 Å². The fraction of sp³-hybridized carbons (Fsp3) is 0.458. The van der Waals surface area contributed by atoms with E-state index in [2.05, 4.69) is 5.32 Å². The first-order valence-corrected chi connectivity index (χ1v) is 10.9. The molecule has 1 aromatic heterocycles. The number of esters is 1. The SMILES string of the molecule is CCC(=O)Oc1ccc(NC(=O)c2cc3c(n(CCOC)c2=O)CCCCCC3)cc1. The Morgan fingerprint density at radius 1 is 1.06 bits per heavy atom. The van der Waals surface area contributed by atoms with Gasteiger partial charge in [-0.05, 0) is 61.6 Å². The molecule has 1 aromatic carbocycles. The molecule has 31 heavy (non-hydrogen) atoms. The Bertz CT molecular complexity index is 979. The molecule has 7 heteroatoms. The van der Waals surface area contributed by atoms with Crippen molar-refractivity contribution >= 4 is 17.6 Å². The van der Waals surface area contributed by atoms with Gasteiger partial charge in [0.1, 0.15) is 11.3 Å². The highest BCUT2D eigenvalue weighted by Gasteiger charge is 2.20. The van der Waals surface area contributed by atoms with Gasteiger partial charge in [-0.25, -0.2) is 0 Å². The van der Waals surface area contributed by atoms with Gasteiger partial charge in [0.25, 0.3) is 11.5 Å². The number of anilines is 1. The fourth-order valence-corrected chi connectivity index (χ4v) is 3.82. The molecule has 0 unspecified atom stereocenters. The number of carbonyl (C=O) groups is 2. The number of rotatable bonds is 7. The Balaban J connectivity index is 1.86. The predicted octanol–water partition coefficient (Wildman–Crippen LogP) is 3.72. The second kappa shape index (κ2) is 10.9. The standard InChI is InChI=1S/C24H30N2O5/c1-3-22(27)31-19-12-10-18(11-13-19)25-23(28)20-16-17-8-6-4-5-7-9-21(17)26(24(20)29)14-15-30-2/h10-13,16H,3-9,14-15H2,1-2H3,(H,25,28). The van der Waals surface area contributed by atoms with Crippen LogP contribution in [0.5, 0.6) is 5.75 Å². The van der Waals surface area contributed by atoms with E-state index in [-0.39, 0.29) is 23.5 Å². The van der Waals surface area contributed by atoms with Crippen molar-refractivity contribution in [1.29, 1.82) is 0 Å². The largest absolute Gasteiger partial charge is 0.427 e. The number of pyridine rings is 1. The number of methoxy groups -OCH3 is 1. The predicted molar refractivity (Wildman–Crippen MR) is 119 cm³/mol. The van der Waals surface area contributed by atoms with Crippen LogP contribution in [0.3, 0.4) is 0 Å². The second-order valence-corrected chi connectivity index (χ2v) is 7.70. The summed E-state index contributed by atoms with van der Waals surface area (Å²) in [6.45, 7) is 2.56. The summed E-state index contributed by atoms with van der Waals surface area (Å²) in [4.78, 5) is 37.5. The van der Waals surface area contributed by atoms with E-state index < -0.39 is 5.91 Å². The number of aromatic nitrogens is 1. The Morgan fingerprint density at radius 2 is 1.77 bits per heavy atom. The van der Waals surface area contributed by atoms with E-state index in [1.807, 2.05) is 0 Å². The van der Waals surface area contributed by atoms with Gasteiger partial charge in [-0.1, -0.05) is 19.8 Å². The summed E-state index contributed by atoms with van der Waals surface area (Å²) < 4.78 is 12.1. The molecule has 7 nitrogen and oxygen atoms in total. The lowest BCUT2D eigenvalue weighted by atomic mass is 9.95. The maximum atomic E-state index is 13.2. The number of nitrogens with one attached hydrogen (secondary N) is 1. The number of amides is 1. The smallest absolute Gasteiger partial charge is 0.310 e. The molecule has 1 heterocycles. The first-order chi connectivity index (χ1) is 15.0. The zero-order chi connectivity index (χ0) is 22.2. The average Bonchev–Trinajstić information content (AvgIpc) is 2.75. The molecule has 0 aliphatic heterocycles. The van der Waals surface area contributed by atoms with E-state index in [1.165, 1.54) is 0 Å². The minimum absolute atomic E-state index is 0.136. The zero-order valence-corrected chi connectivity index (χ0v) is 18.2. The Kier molecular flexibility index (Phi) is 8.00. The van der Waals surface area contributed by atoms with Gasteiger partial charge in [-0.3, -0.25) is 14.4 Å². The molecule has 0 saturated carbocycles. The highest BCUT2D eigenvalue weighted by atomic mass is 16.5. The van der Waals surface area contributed by atoms with Crippen LogP contribution in [0, 0.1) is 0 Å². The quantitative estimate of drug-likeness (QED) is 0.539. The van der Waals surface area contributed by atoms with Gasteiger partial charge in [0, 0.05) is 31.5 Å². The third-order valence-electron chi connectivity index (χ3n) is 5.50. The molecule has 0 saturated heterocycles. The van der Waals surface area contributed by atoms with E-state index in [0.29, 0.717) is 24.6 Å². The van der Waals surface area contributed by atoms with Crippen molar-refractivity contribution in [3.8, 4) is 5.75 Å². The number of carbonyl (C=O) groups excluding carboxylic acids is 2. The van der Waals surface area contributed by atoms with Crippen LogP contribution in [0.1, 0.15) is 60.6 Å². The molecule has 0 fully saturated rings. The summed E-state index contributed by atoms with van der Waals surface area (Å²) in [5.74, 6) is -0.360. The van der Waals surface area contributed by atoms with Gasteiger partial charge in [0.2, 0.25) is 0 Å². The van der Waals surface area contributed by atoms with Gasteiger partial charge in [0.15, 0.2) is 0 Å². The molecule has 1 N–H and O–H groups in total. The molecule has 0 bridgehead atoms. The summed E-state index contributed by atoms with van der Waals surface area (Å²) in [5, 5.41) is 2.79. The molecule has 0 atom stereocenters. The van der Waals surface area contributed by atoms with Crippen LogP contribution in [0.25, 0.3) is 0 Å². The molecule has 2 aromatic rings. The second-order valence-electron chi connectivity index (χ2n) is 7.70. The molecular formula is C24H30N2O5. The first-order valence-electron chi connectivity index (χ1n) is 10.9. The topological polar surface area (TPSA) is 86.6 Å². The van der Waals surface area contributed by atoms with Crippen LogP contribution in [0.2, 0.25) is 0 Å². The van der Waals surface area contributed by atoms with Crippen LogP contribution in [0.4, 0.5) is 5.69 Å². The summed E-state index contributed by atoms with van der Waals surface area (Å²) >= 11 is 0. The fourth-order valence-electron chi connectivity index (χ4n) is 3.82. The van der Waals surface area contributed by atoms with Gasteiger partial charge >= 0.3 is 5.97 Å². The third-order valence-corrected chi connectivity index (χ3v) is 5.50. The van der Waals surface area contributed by atoms with E-state index >= 15 is 0 Å². The van der Waals surface area contributed by atoms with Crippen molar-refractivity contribution in [2.45, 2.75) is 58.4 Å². The summed E-state index contributed by atoms with van der Waals surface area (Å²) in [7, 11) is 1.60. The minimum Gasteiger partial charge on any atom is -0.427 e. The molecule has 1 aliphatic carbocycles. The maximum Gasteiger partial charge on any atom is 0.310 e. The molecule has 1 aliphatic rings. The zero-order valence-electron chi connectivity index (χ0n) is 18.2. The van der Waals surface area contributed by atoms with Crippen molar-refractivity contribution < 1.29 is 19.1 Å². The van der Waals surface area contributed by atoms with Crippen LogP contribution in [-0.4, -0.2) is 30.2 Å². The monoisotopic (exact) mass is 426 g/mol. The van der Waals surface area contributed by atoms with Gasteiger partial charge in [0.05, 0.1) is 6.61 Å². The van der Waals surface area contributed by atoms with Crippen LogP contribution < -0.4 is 15.6 Å². The Labute approximate surface area is 182 Å². The normalized spacial score (nSPS) is 13.6. The highest BCUT2D eigenvalue weighted by Crippen LogP contribution is 2.21. The summed E-state index contributed by atoms with van der Waals surface area (Å²) in [5.41, 5.74) is 2.47.